The Balaban J connectivity index is 2.24. The summed E-state index contributed by atoms with van der Waals surface area (Å²) in [5.41, 5.74) is 8.07. The second-order valence-corrected chi connectivity index (χ2v) is 3.96. The minimum Gasteiger partial charge on any atom is -0.324 e. The summed E-state index contributed by atoms with van der Waals surface area (Å²) in [5.74, 6) is 1.77. The fourth-order valence-corrected chi connectivity index (χ4v) is 1.73. The molecule has 84 valence electrons. The van der Waals surface area contributed by atoms with Crippen LogP contribution in [0, 0.1) is 6.92 Å². The van der Waals surface area contributed by atoms with Crippen molar-refractivity contribution in [3.63, 3.8) is 0 Å². The molecule has 16 heavy (non-hydrogen) atoms. The zero-order valence-electron chi connectivity index (χ0n) is 9.64. The first kappa shape index (κ1) is 10.8. The molecule has 0 aliphatic rings. The molecule has 0 saturated carbocycles. The molecule has 0 unspecified atom stereocenters. The standard InChI is InChI=1S/C12H16N4/c1-9-4-3-5-10(6-9)7-11-14-15-12(8-13)16(11)2/h3-6H,7-8,13H2,1-2H3. The number of nitrogens with zero attached hydrogens (tertiary/aromatic N) is 3. The molecule has 0 aliphatic carbocycles. The van der Waals surface area contributed by atoms with E-state index in [2.05, 4.69) is 41.4 Å². The van der Waals surface area contributed by atoms with E-state index in [-0.39, 0.29) is 0 Å². The Kier molecular flexibility index (Phi) is 3.01. The highest BCUT2D eigenvalue weighted by molar-refractivity contribution is 5.24. The van der Waals surface area contributed by atoms with Crippen molar-refractivity contribution in [2.45, 2.75) is 19.9 Å². The Hall–Kier alpha value is -1.68. The largest absolute Gasteiger partial charge is 0.324 e. The summed E-state index contributed by atoms with van der Waals surface area (Å²) in [5, 5.41) is 8.19. The third-order valence-corrected chi connectivity index (χ3v) is 2.68. The maximum absolute atomic E-state index is 5.56. The Morgan fingerprint density at radius 2 is 2.00 bits per heavy atom. The molecule has 4 nitrogen and oxygen atoms in total. The molecule has 1 aromatic heterocycles. The van der Waals surface area contributed by atoms with Crippen LogP contribution in [0.1, 0.15) is 22.8 Å². The number of aromatic nitrogens is 3. The van der Waals surface area contributed by atoms with E-state index in [9.17, 15) is 0 Å². The molecular weight excluding hydrogens is 200 g/mol. The number of rotatable bonds is 3. The van der Waals surface area contributed by atoms with Gasteiger partial charge in [-0.05, 0) is 12.5 Å². The number of benzene rings is 1. The zero-order valence-corrected chi connectivity index (χ0v) is 9.64. The second kappa shape index (κ2) is 4.45. The van der Waals surface area contributed by atoms with Gasteiger partial charge in [0, 0.05) is 13.5 Å². The van der Waals surface area contributed by atoms with E-state index in [0.29, 0.717) is 6.54 Å². The second-order valence-electron chi connectivity index (χ2n) is 3.96. The molecule has 0 atom stereocenters. The third kappa shape index (κ3) is 2.12. The molecular formula is C12H16N4. The maximum atomic E-state index is 5.56. The molecule has 0 bridgehead atoms. The fraction of sp³-hybridized carbons (Fsp3) is 0.333. The summed E-state index contributed by atoms with van der Waals surface area (Å²) in [6.45, 7) is 2.52. The summed E-state index contributed by atoms with van der Waals surface area (Å²) in [6, 6.07) is 8.41. The van der Waals surface area contributed by atoms with Crippen molar-refractivity contribution < 1.29 is 0 Å². The number of hydrogen-bond donors (Lipinski definition) is 1. The molecule has 1 aromatic carbocycles. The van der Waals surface area contributed by atoms with Crippen molar-refractivity contribution in [2.24, 2.45) is 12.8 Å². The molecule has 0 saturated heterocycles. The van der Waals surface area contributed by atoms with Crippen molar-refractivity contribution in [3.8, 4) is 0 Å². The molecule has 0 spiro atoms. The summed E-state index contributed by atoms with van der Waals surface area (Å²) >= 11 is 0. The van der Waals surface area contributed by atoms with Crippen molar-refractivity contribution in [1.29, 1.82) is 0 Å². The normalized spacial score (nSPS) is 10.7. The quantitative estimate of drug-likeness (QED) is 0.838. The molecule has 1 heterocycles. The number of hydrogen-bond acceptors (Lipinski definition) is 3. The van der Waals surface area contributed by atoms with Gasteiger partial charge in [-0.2, -0.15) is 0 Å². The van der Waals surface area contributed by atoms with E-state index < -0.39 is 0 Å². The smallest absolute Gasteiger partial charge is 0.146 e. The van der Waals surface area contributed by atoms with Crippen LogP contribution in [0.4, 0.5) is 0 Å². The predicted octanol–water partition coefficient (Wildman–Crippen LogP) is 1.17. The van der Waals surface area contributed by atoms with Gasteiger partial charge in [-0.25, -0.2) is 0 Å². The minimum absolute atomic E-state index is 0.428. The molecule has 0 amide bonds. The van der Waals surface area contributed by atoms with E-state index in [1.165, 1.54) is 11.1 Å². The zero-order chi connectivity index (χ0) is 11.5. The Bertz CT molecular complexity index is 488. The van der Waals surface area contributed by atoms with Gasteiger partial charge in [0.1, 0.15) is 11.6 Å². The van der Waals surface area contributed by atoms with E-state index >= 15 is 0 Å². The Labute approximate surface area is 95.1 Å². The van der Waals surface area contributed by atoms with Crippen LogP contribution in [0.2, 0.25) is 0 Å². The summed E-state index contributed by atoms with van der Waals surface area (Å²) in [6.07, 6.45) is 0.797. The average Bonchev–Trinajstić information content (AvgIpc) is 2.60. The molecule has 0 aliphatic heterocycles. The Morgan fingerprint density at radius 3 is 2.62 bits per heavy atom. The van der Waals surface area contributed by atoms with E-state index in [0.717, 1.165) is 18.1 Å². The molecule has 4 heteroatoms. The lowest BCUT2D eigenvalue weighted by molar-refractivity contribution is 0.758. The molecule has 2 aromatic rings. The summed E-state index contributed by atoms with van der Waals surface area (Å²) in [4.78, 5) is 0. The first-order valence-electron chi connectivity index (χ1n) is 5.33. The lowest BCUT2D eigenvalue weighted by Gasteiger charge is -2.03. The topological polar surface area (TPSA) is 56.7 Å². The fourth-order valence-electron chi connectivity index (χ4n) is 1.73. The third-order valence-electron chi connectivity index (χ3n) is 2.68. The van der Waals surface area contributed by atoms with Crippen LogP contribution in [0.25, 0.3) is 0 Å². The van der Waals surface area contributed by atoms with Crippen LogP contribution in [0.15, 0.2) is 24.3 Å². The van der Waals surface area contributed by atoms with Crippen LogP contribution in [-0.2, 0) is 20.0 Å². The minimum atomic E-state index is 0.428. The van der Waals surface area contributed by atoms with E-state index in [1.54, 1.807) is 0 Å². The van der Waals surface area contributed by atoms with Crippen LogP contribution >= 0.6 is 0 Å². The monoisotopic (exact) mass is 216 g/mol. The van der Waals surface area contributed by atoms with Gasteiger partial charge in [-0.15, -0.1) is 10.2 Å². The van der Waals surface area contributed by atoms with Gasteiger partial charge in [0.25, 0.3) is 0 Å². The number of nitrogens with two attached hydrogens (primary N) is 1. The summed E-state index contributed by atoms with van der Waals surface area (Å²) in [7, 11) is 1.95. The highest BCUT2D eigenvalue weighted by Crippen LogP contribution is 2.09. The average molecular weight is 216 g/mol. The highest BCUT2D eigenvalue weighted by Gasteiger charge is 2.07. The molecule has 0 radical (unpaired) electrons. The van der Waals surface area contributed by atoms with Crippen LogP contribution in [-0.4, -0.2) is 14.8 Å². The molecule has 2 N–H and O–H groups in total. The molecule has 0 fully saturated rings. The van der Waals surface area contributed by atoms with E-state index in [1.807, 2.05) is 11.6 Å². The van der Waals surface area contributed by atoms with Gasteiger partial charge in [0.15, 0.2) is 0 Å². The predicted molar refractivity (Wildman–Crippen MR) is 62.9 cm³/mol. The van der Waals surface area contributed by atoms with Crippen molar-refractivity contribution in [1.82, 2.24) is 14.8 Å². The maximum Gasteiger partial charge on any atom is 0.146 e. The van der Waals surface area contributed by atoms with Gasteiger partial charge in [-0.3, -0.25) is 0 Å². The van der Waals surface area contributed by atoms with Crippen molar-refractivity contribution >= 4 is 0 Å². The van der Waals surface area contributed by atoms with Crippen LogP contribution < -0.4 is 5.73 Å². The van der Waals surface area contributed by atoms with Crippen molar-refractivity contribution in [2.75, 3.05) is 0 Å². The SMILES string of the molecule is Cc1cccc(Cc2nnc(CN)n2C)c1. The van der Waals surface area contributed by atoms with Crippen LogP contribution in [0.5, 0.6) is 0 Å². The van der Waals surface area contributed by atoms with Gasteiger partial charge >= 0.3 is 0 Å². The summed E-state index contributed by atoms with van der Waals surface area (Å²) < 4.78 is 1.96. The lowest BCUT2D eigenvalue weighted by atomic mass is 10.1. The first-order valence-corrected chi connectivity index (χ1v) is 5.33. The van der Waals surface area contributed by atoms with Gasteiger partial charge in [0.2, 0.25) is 0 Å². The van der Waals surface area contributed by atoms with Gasteiger partial charge in [-0.1, -0.05) is 29.8 Å². The van der Waals surface area contributed by atoms with Crippen LogP contribution in [0.3, 0.4) is 0 Å². The molecule has 2 rings (SSSR count). The first-order chi connectivity index (χ1) is 7.70. The van der Waals surface area contributed by atoms with Crippen molar-refractivity contribution in [3.05, 3.63) is 47.0 Å². The lowest BCUT2D eigenvalue weighted by Crippen LogP contribution is -2.07. The van der Waals surface area contributed by atoms with Gasteiger partial charge in [0.05, 0.1) is 6.54 Å². The highest BCUT2D eigenvalue weighted by atomic mass is 15.3. The number of aryl methyl sites for hydroxylation is 1. The Morgan fingerprint density at radius 1 is 1.25 bits per heavy atom. The van der Waals surface area contributed by atoms with Gasteiger partial charge < -0.3 is 10.3 Å². The van der Waals surface area contributed by atoms with E-state index in [4.69, 9.17) is 5.73 Å².